The van der Waals surface area contributed by atoms with Gasteiger partial charge in [-0.2, -0.15) is 5.10 Å². The molecule has 0 saturated carbocycles. The Kier molecular flexibility index (Phi) is 4.65. The molecule has 0 atom stereocenters. The van der Waals surface area contributed by atoms with Crippen LogP contribution in [0.5, 0.6) is 0 Å². The van der Waals surface area contributed by atoms with Gasteiger partial charge < -0.3 is 5.32 Å². The summed E-state index contributed by atoms with van der Waals surface area (Å²) in [6, 6.07) is 8.41. The van der Waals surface area contributed by atoms with Gasteiger partial charge in [0.15, 0.2) is 5.82 Å². The summed E-state index contributed by atoms with van der Waals surface area (Å²) in [4.78, 5) is 25.2. The summed E-state index contributed by atoms with van der Waals surface area (Å²) in [5, 5.41) is 7.00. The molecule has 1 N–H and O–H groups in total. The van der Waals surface area contributed by atoms with E-state index in [0.29, 0.717) is 10.9 Å². The van der Waals surface area contributed by atoms with Crippen molar-refractivity contribution in [1.82, 2.24) is 14.3 Å². The second kappa shape index (κ2) is 7.18. The van der Waals surface area contributed by atoms with Crippen LogP contribution in [0.15, 0.2) is 53.5 Å². The zero-order chi connectivity index (χ0) is 21.6. The van der Waals surface area contributed by atoms with Gasteiger partial charge in [0.2, 0.25) is 0 Å². The van der Waals surface area contributed by atoms with E-state index in [2.05, 4.69) is 10.4 Å². The SMILES string of the molecule is Cc1ccc(C(=O)Nc2cc3cnn(-c4ccc(F)cc4F)c3n(C)c2=O)cc1F. The van der Waals surface area contributed by atoms with E-state index < -0.39 is 28.9 Å². The quantitative estimate of drug-likeness (QED) is 0.558. The van der Waals surface area contributed by atoms with Crippen molar-refractivity contribution in [1.29, 1.82) is 0 Å². The summed E-state index contributed by atoms with van der Waals surface area (Å²) in [5.74, 6) is -2.76. The Morgan fingerprint density at radius 2 is 1.80 bits per heavy atom. The first-order valence-corrected chi connectivity index (χ1v) is 8.87. The highest BCUT2D eigenvalue weighted by Crippen LogP contribution is 2.22. The molecule has 2 aromatic heterocycles. The molecule has 0 bridgehead atoms. The molecular formula is C21H15F3N4O2. The fourth-order valence-electron chi connectivity index (χ4n) is 3.13. The van der Waals surface area contributed by atoms with E-state index in [0.717, 1.165) is 18.2 Å². The predicted octanol–water partition coefficient (Wildman–Crippen LogP) is 3.70. The lowest BCUT2D eigenvalue weighted by Gasteiger charge is -2.11. The number of rotatable bonds is 3. The van der Waals surface area contributed by atoms with Gasteiger partial charge in [-0.05, 0) is 42.8 Å². The third-order valence-corrected chi connectivity index (χ3v) is 4.74. The van der Waals surface area contributed by atoms with E-state index in [9.17, 15) is 22.8 Å². The minimum Gasteiger partial charge on any atom is -0.317 e. The van der Waals surface area contributed by atoms with Crippen LogP contribution in [0.25, 0.3) is 16.7 Å². The number of aryl methyl sites for hydroxylation is 2. The van der Waals surface area contributed by atoms with Gasteiger partial charge in [0, 0.05) is 24.1 Å². The van der Waals surface area contributed by atoms with Crippen LogP contribution in [0.2, 0.25) is 0 Å². The van der Waals surface area contributed by atoms with Crippen molar-refractivity contribution in [3.05, 3.63) is 87.6 Å². The minimum atomic E-state index is -0.841. The Morgan fingerprint density at radius 3 is 2.50 bits per heavy atom. The molecule has 2 heterocycles. The van der Waals surface area contributed by atoms with Crippen LogP contribution in [0, 0.1) is 24.4 Å². The molecule has 2 aromatic carbocycles. The lowest BCUT2D eigenvalue weighted by molar-refractivity contribution is 0.102. The summed E-state index contributed by atoms with van der Waals surface area (Å²) in [5.41, 5.74) is 0.0506. The van der Waals surface area contributed by atoms with Crippen LogP contribution in [-0.4, -0.2) is 20.3 Å². The highest BCUT2D eigenvalue weighted by molar-refractivity contribution is 6.04. The molecule has 152 valence electrons. The summed E-state index contributed by atoms with van der Waals surface area (Å²) in [7, 11) is 1.44. The predicted molar refractivity (Wildman–Crippen MR) is 105 cm³/mol. The topological polar surface area (TPSA) is 68.9 Å². The van der Waals surface area contributed by atoms with E-state index in [1.165, 1.54) is 46.8 Å². The molecule has 0 saturated heterocycles. The van der Waals surface area contributed by atoms with Gasteiger partial charge in [-0.15, -0.1) is 0 Å². The van der Waals surface area contributed by atoms with Crippen LogP contribution in [0.4, 0.5) is 18.9 Å². The van der Waals surface area contributed by atoms with Crippen LogP contribution in [-0.2, 0) is 7.05 Å². The van der Waals surface area contributed by atoms with Gasteiger partial charge in [0.05, 0.1) is 6.20 Å². The fourth-order valence-corrected chi connectivity index (χ4v) is 3.13. The molecule has 1 amide bonds. The molecule has 0 aliphatic rings. The van der Waals surface area contributed by atoms with E-state index in [-0.39, 0.29) is 22.6 Å². The maximum atomic E-state index is 14.2. The monoisotopic (exact) mass is 412 g/mol. The number of fused-ring (bicyclic) bond motifs is 1. The first kappa shape index (κ1) is 19.4. The molecule has 9 heteroatoms. The highest BCUT2D eigenvalue weighted by atomic mass is 19.1. The Balaban J connectivity index is 1.77. The molecule has 0 spiro atoms. The van der Waals surface area contributed by atoms with Gasteiger partial charge in [-0.25, -0.2) is 17.9 Å². The zero-order valence-corrected chi connectivity index (χ0v) is 15.9. The number of pyridine rings is 1. The molecule has 4 rings (SSSR count). The number of aromatic nitrogens is 3. The highest BCUT2D eigenvalue weighted by Gasteiger charge is 2.17. The molecule has 6 nitrogen and oxygen atoms in total. The smallest absolute Gasteiger partial charge is 0.275 e. The number of hydrogen-bond acceptors (Lipinski definition) is 3. The maximum Gasteiger partial charge on any atom is 0.275 e. The number of carbonyl (C=O) groups excluding carboxylic acids is 1. The van der Waals surface area contributed by atoms with Crippen LogP contribution in [0.3, 0.4) is 0 Å². The maximum absolute atomic E-state index is 14.2. The number of benzene rings is 2. The Morgan fingerprint density at radius 1 is 1.03 bits per heavy atom. The molecular weight excluding hydrogens is 397 g/mol. The van der Waals surface area contributed by atoms with Gasteiger partial charge >= 0.3 is 0 Å². The summed E-state index contributed by atoms with van der Waals surface area (Å²) in [6.07, 6.45) is 1.39. The number of nitrogens with one attached hydrogen (secondary N) is 1. The van der Waals surface area contributed by atoms with Gasteiger partial charge in [-0.3, -0.25) is 14.2 Å². The zero-order valence-electron chi connectivity index (χ0n) is 15.9. The normalized spacial score (nSPS) is 11.1. The summed E-state index contributed by atoms with van der Waals surface area (Å²) in [6.45, 7) is 1.57. The first-order chi connectivity index (χ1) is 14.3. The van der Waals surface area contributed by atoms with Gasteiger partial charge in [0.25, 0.3) is 11.5 Å². The van der Waals surface area contributed by atoms with Crippen molar-refractivity contribution in [3.63, 3.8) is 0 Å². The van der Waals surface area contributed by atoms with Gasteiger partial charge in [-0.1, -0.05) is 6.07 Å². The fraction of sp³-hybridized carbons (Fsp3) is 0.0952. The molecule has 0 radical (unpaired) electrons. The second-order valence-corrected chi connectivity index (χ2v) is 6.77. The first-order valence-electron chi connectivity index (χ1n) is 8.87. The number of carbonyl (C=O) groups is 1. The van der Waals surface area contributed by atoms with Crippen LogP contribution in [0.1, 0.15) is 15.9 Å². The van der Waals surface area contributed by atoms with E-state index in [1.54, 1.807) is 6.92 Å². The molecule has 4 aromatic rings. The molecule has 0 fully saturated rings. The van der Waals surface area contributed by atoms with Crippen molar-refractivity contribution >= 4 is 22.6 Å². The van der Waals surface area contributed by atoms with Crippen LogP contribution >= 0.6 is 0 Å². The summed E-state index contributed by atoms with van der Waals surface area (Å²) < 4.78 is 43.5. The van der Waals surface area contributed by atoms with E-state index >= 15 is 0 Å². The Hall–Kier alpha value is -3.88. The van der Waals surface area contributed by atoms with Crippen molar-refractivity contribution in [2.75, 3.05) is 5.32 Å². The van der Waals surface area contributed by atoms with Crippen molar-refractivity contribution < 1.29 is 18.0 Å². The average Bonchev–Trinajstić information content (AvgIpc) is 3.11. The number of anilines is 1. The van der Waals surface area contributed by atoms with Crippen molar-refractivity contribution in [2.45, 2.75) is 6.92 Å². The van der Waals surface area contributed by atoms with Crippen LogP contribution < -0.4 is 10.9 Å². The largest absolute Gasteiger partial charge is 0.317 e. The average molecular weight is 412 g/mol. The third kappa shape index (κ3) is 3.24. The lowest BCUT2D eigenvalue weighted by atomic mass is 10.1. The minimum absolute atomic E-state index is 0.0340. The Bertz CT molecular complexity index is 1370. The number of halogens is 3. The number of nitrogens with zero attached hydrogens (tertiary/aromatic N) is 3. The van der Waals surface area contributed by atoms with Gasteiger partial charge in [0.1, 0.15) is 28.7 Å². The van der Waals surface area contributed by atoms with E-state index in [1.807, 2.05) is 0 Å². The lowest BCUT2D eigenvalue weighted by Crippen LogP contribution is -2.25. The molecule has 0 aliphatic carbocycles. The molecule has 30 heavy (non-hydrogen) atoms. The van der Waals surface area contributed by atoms with E-state index in [4.69, 9.17) is 0 Å². The van der Waals surface area contributed by atoms with Crippen molar-refractivity contribution in [3.8, 4) is 5.69 Å². The molecule has 0 aliphatic heterocycles. The van der Waals surface area contributed by atoms with Crippen molar-refractivity contribution in [2.24, 2.45) is 7.05 Å². The summed E-state index contributed by atoms with van der Waals surface area (Å²) >= 11 is 0. The number of hydrogen-bond donors (Lipinski definition) is 1. The molecule has 0 unspecified atom stereocenters. The second-order valence-electron chi connectivity index (χ2n) is 6.77. The third-order valence-electron chi connectivity index (χ3n) is 4.74. The Labute approximate surface area is 168 Å². The standard InChI is InChI=1S/C21H15F3N4O2/c1-11-3-4-12(7-15(11)23)19(29)26-17-8-13-10-25-28(20(13)27(2)21(17)30)18-6-5-14(22)9-16(18)24/h3-10H,1-2H3,(H,26,29). The number of amides is 1.